The quantitative estimate of drug-likeness (QED) is 0.819. The highest BCUT2D eigenvalue weighted by atomic mass is 16.5. The number of aliphatic hydroxyl groups is 1. The van der Waals surface area contributed by atoms with Gasteiger partial charge in [-0.2, -0.15) is 0 Å². The highest BCUT2D eigenvalue weighted by molar-refractivity contribution is 5.61. The molecule has 1 aromatic rings. The van der Waals surface area contributed by atoms with E-state index < -0.39 is 6.10 Å². The summed E-state index contributed by atoms with van der Waals surface area (Å²) < 4.78 is 6.24. The molecule has 0 radical (unpaired) electrons. The zero-order valence-corrected chi connectivity index (χ0v) is 14.2. The lowest BCUT2D eigenvalue weighted by molar-refractivity contribution is -0.150. The van der Waals surface area contributed by atoms with E-state index in [9.17, 15) is 10.2 Å². The summed E-state index contributed by atoms with van der Waals surface area (Å²) in [4.78, 5) is 2.56. The lowest BCUT2D eigenvalue weighted by Gasteiger charge is -2.65. The van der Waals surface area contributed by atoms with Crippen molar-refractivity contribution in [3.63, 3.8) is 0 Å². The van der Waals surface area contributed by atoms with E-state index in [1.807, 2.05) is 6.08 Å². The van der Waals surface area contributed by atoms with Crippen LogP contribution in [0.5, 0.6) is 11.5 Å². The van der Waals surface area contributed by atoms with E-state index in [1.54, 1.807) is 6.07 Å². The van der Waals surface area contributed by atoms with Crippen molar-refractivity contribution in [1.29, 1.82) is 0 Å². The molecule has 5 atom stereocenters. The SMILES string of the molecule is C=CCN1CC[C@]23c4c5ccc(O)c4O[C@H]2[C@H](O)CC[C@@]3(C)C1C5. The van der Waals surface area contributed by atoms with Gasteiger partial charge in [-0.05, 0) is 49.3 Å². The van der Waals surface area contributed by atoms with Gasteiger partial charge < -0.3 is 14.9 Å². The Bertz CT molecular complexity index is 732. The molecule has 4 aliphatic rings. The summed E-state index contributed by atoms with van der Waals surface area (Å²) in [6.45, 7) is 8.23. The molecular formula is C20H25NO3. The topological polar surface area (TPSA) is 52.9 Å². The summed E-state index contributed by atoms with van der Waals surface area (Å²) in [7, 11) is 0. The van der Waals surface area contributed by atoms with Crippen LogP contribution in [0.1, 0.15) is 37.3 Å². The first kappa shape index (κ1) is 14.8. The third kappa shape index (κ3) is 1.44. The number of likely N-dealkylation sites (tertiary alicyclic amines) is 1. The first-order chi connectivity index (χ1) is 11.5. The summed E-state index contributed by atoms with van der Waals surface area (Å²) in [5, 5.41) is 21.1. The average molecular weight is 327 g/mol. The minimum Gasteiger partial charge on any atom is -0.504 e. The van der Waals surface area contributed by atoms with Crippen molar-refractivity contribution in [3.05, 3.63) is 35.9 Å². The Balaban J connectivity index is 1.78. The second-order valence-corrected chi connectivity index (χ2v) is 8.23. The third-order valence-corrected chi connectivity index (χ3v) is 7.47. The van der Waals surface area contributed by atoms with E-state index in [-0.39, 0.29) is 22.7 Å². The lowest BCUT2D eigenvalue weighted by Crippen LogP contribution is -2.72. The lowest BCUT2D eigenvalue weighted by atomic mass is 9.44. The van der Waals surface area contributed by atoms with Crippen LogP contribution in [0.25, 0.3) is 0 Å². The standard InChI is InChI=1S/C20H25NO3/c1-3-9-21-10-8-20-16-12-4-5-13(22)17(16)24-18(20)14(23)6-7-19(20,2)15(21)11-12/h3-5,14-15,18,22-23H,1,6-11H2,2H3/t14-,15?,18+,19+,20+/m1/s1. The van der Waals surface area contributed by atoms with Crippen LogP contribution >= 0.6 is 0 Å². The first-order valence-electron chi connectivity index (χ1n) is 9.08. The van der Waals surface area contributed by atoms with Crippen molar-refractivity contribution < 1.29 is 14.9 Å². The minimum absolute atomic E-state index is 0.0597. The molecule has 128 valence electrons. The van der Waals surface area contributed by atoms with Gasteiger partial charge in [0.05, 0.1) is 6.10 Å². The number of phenols is 1. The van der Waals surface area contributed by atoms with Crippen molar-refractivity contribution in [2.24, 2.45) is 5.41 Å². The van der Waals surface area contributed by atoms with Crippen LogP contribution in [0.15, 0.2) is 24.8 Å². The smallest absolute Gasteiger partial charge is 0.165 e. The molecule has 2 bridgehead atoms. The fourth-order valence-corrected chi connectivity index (χ4v) is 6.44. The Morgan fingerprint density at radius 1 is 1.42 bits per heavy atom. The monoisotopic (exact) mass is 327 g/mol. The van der Waals surface area contributed by atoms with Crippen LogP contribution in [-0.4, -0.2) is 46.5 Å². The van der Waals surface area contributed by atoms with Crippen LogP contribution in [0, 0.1) is 5.41 Å². The second-order valence-electron chi connectivity index (χ2n) is 8.23. The van der Waals surface area contributed by atoms with Gasteiger partial charge in [-0.3, -0.25) is 4.90 Å². The van der Waals surface area contributed by atoms with Gasteiger partial charge in [0.15, 0.2) is 11.5 Å². The molecular weight excluding hydrogens is 302 g/mol. The normalized spacial score (nSPS) is 42.3. The molecule has 1 unspecified atom stereocenters. The molecule has 4 heteroatoms. The number of rotatable bonds is 2. The number of piperidine rings is 1. The number of benzene rings is 1. The van der Waals surface area contributed by atoms with E-state index in [4.69, 9.17) is 4.74 Å². The minimum atomic E-state index is -0.456. The van der Waals surface area contributed by atoms with Crippen molar-refractivity contribution >= 4 is 0 Å². The molecule has 1 spiro atoms. The molecule has 2 N–H and O–H groups in total. The summed E-state index contributed by atoms with van der Waals surface area (Å²) in [5.41, 5.74) is 2.37. The van der Waals surface area contributed by atoms with E-state index in [0.29, 0.717) is 11.8 Å². The summed E-state index contributed by atoms with van der Waals surface area (Å²) >= 11 is 0. The summed E-state index contributed by atoms with van der Waals surface area (Å²) in [6, 6.07) is 4.25. The zero-order valence-electron chi connectivity index (χ0n) is 14.2. The van der Waals surface area contributed by atoms with E-state index >= 15 is 0 Å². The molecule has 0 amide bonds. The number of aromatic hydroxyl groups is 1. The number of hydrogen-bond acceptors (Lipinski definition) is 4. The fraction of sp³-hybridized carbons (Fsp3) is 0.600. The first-order valence-corrected chi connectivity index (χ1v) is 9.08. The van der Waals surface area contributed by atoms with Crippen molar-refractivity contribution in [3.8, 4) is 11.5 Å². The number of phenolic OH excluding ortho intramolecular Hbond substituents is 1. The van der Waals surface area contributed by atoms with Crippen LogP contribution in [0.3, 0.4) is 0 Å². The Hall–Kier alpha value is -1.52. The van der Waals surface area contributed by atoms with Crippen LogP contribution in [0.2, 0.25) is 0 Å². The highest BCUT2D eigenvalue weighted by Gasteiger charge is 2.70. The number of hydrogen-bond donors (Lipinski definition) is 2. The second kappa shape index (κ2) is 4.55. The van der Waals surface area contributed by atoms with Crippen LogP contribution in [-0.2, 0) is 11.8 Å². The van der Waals surface area contributed by atoms with E-state index in [0.717, 1.165) is 38.8 Å². The maximum Gasteiger partial charge on any atom is 0.165 e. The molecule has 4 nitrogen and oxygen atoms in total. The van der Waals surface area contributed by atoms with Crippen LogP contribution in [0.4, 0.5) is 0 Å². The van der Waals surface area contributed by atoms with Crippen molar-refractivity contribution in [2.75, 3.05) is 13.1 Å². The molecule has 2 aliphatic carbocycles. The number of ether oxygens (including phenoxy) is 1. The fourth-order valence-electron chi connectivity index (χ4n) is 6.44. The van der Waals surface area contributed by atoms with Gasteiger partial charge in [0.2, 0.25) is 0 Å². The molecule has 0 aromatic heterocycles. The Kier molecular flexibility index (Phi) is 2.81. The Morgan fingerprint density at radius 3 is 3.04 bits per heavy atom. The Labute approximate surface area is 142 Å². The summed E-state index contributed by atoms with van der Waals surface area (Å²) in [6.07, 6.45) is 5.04. The molecule has 1 aromatic carbocycles. The van der Waals surface area contributed by atoms with E-state index in [2.05, 4.69) is 24.5 Å². The van der Waals surface area contributed by atoms with Crippen molar-refractivity contribution in [1.82, 2.24) is 4.90 Å². The summed E-state index contributed by atoms with van der Waals surface area (Å²) in [5.74, 6) is 0.861. The molecule has 24 heavy (non-hydrogen) atoms. The molecule has 1 saturated carbocycles. The molecule has 2 fully saturated rings. The average Bonchev–Trinajstić information content (AvgIpc) is 2.91. The molecule has 2 heterocycles. The third-order valence-electron chi connectivity index (χ3n) is 7.47. The number of aliphatic hydroxyl groups excluding tert-OH is 1. The Morgan fingerprint density at radius 2 is 2.25 bits per heavy atom. The van der Waals surface area contributed by atoms with Gasteiger partial charge in [0.25, 0.3) is 0 Å². The maximum absolute atomic E-state index is 10.7. The van der Waals surface area contributed by atoms with Gasteiger partial charge in [-0.25, -0.2) is 0 Å². The van der Waals surface area contributed by atoms with Crippen LogP contribution < -0.4 is 4.74 Å². The van der Waals surface area contributed by atoms with Gasteiger partial charge in [-0.15, -0.1) is 6.58 Å². The predicted octanol–water partition coefficient (Wildman–Crippen LogP) is 2.37. The highest BCUT2D eigenvalue weighted by Crippen LogP contribution is 2.68. The molecule has 1 saturated heterocycles. The predicted molar refractivity (Wildman–Crippen MR) is 91.4 cm³/mol. The van der Waals surface area contributed by atoms with Crippen molar-refractivity contribution in [2.45, 2.75) is 56.3 Å². The maximum atomic E-state index is 10.7. The number of nitrogens with zero attached hydrogens (tertiary/aromatic N) is 1. The van der Waals surface area contributed by atoms with Gasteiger partial charge in [-0.1, -0.05) is 19.1 Å². The van der Waals surface area contributed by atoms with Gasteiger partial charge >= 0.3 is 0 Å². The molecule has 2 aliphatic heterocycles. The largest absolute Gasteiger partial charge is 0.504 e. The van der Waals surface area contributed by atoms with E-state index in [1.165, 1.54) is 11.1 Å². The molecule has 5 rings (SSSR count). The van der Waals surface area contributed by atoms with Gasteiger partial charge in [0, 0.05) is 23.6 Å². The van der Waals surface area contributed by atoms with Gasteiger partial charge in [0.1, 0.15) is 6.10 Å². The zero-order chi connectivity index (χ0) is 16.7.